The van der Waals surface area contributed by atoms with Crippen LogP contribution in [0.1, 0.15) is 12.8 Å². The van der Waals surface area contributed by atoms with Gasteiger partial charge in [-0.15, -0.1) is 10.2 Å². The Bertz CT molecular complexity index is 307. The third kappa shape index (κ3) is 2.24. The molecule has 2 rings (SSSR count). The number of aromatic nitrogens is 2. The van der Waals surface area contributed by atoms with Crippen LogP contribution in [0.5, 0.6) is 0 Å². The highest BCUT2D eigenvalue weighted by Gasteiger charge is 2.31. The molecule has 0 amide bonds. The minimum absolute atomic E-state index is 0.509. The largest absolute Gasteiger partial charge is 0.384 e. The van der Waals surface area contributed by atoms with Crippen molar-refractivity contribution >= 4 is 32.4 Å². The third-order valence-electron chi connectivity index (χ3n) is 2.51. The Morgan fingerprint density at radius 2 is 2.43 bits per heavy atom. The van der Waals surface area contributed by atoms with E-state index in [0.29, 0.717) is 12.0 Å². The molecule has 0 radical (unpaired) electrons. The Balaban J connectivity index is 1.86. The van der Waals surface area contributed by atoms with E-state index >= 15 is 0 Å². The van der Waals surface area contributed by atoms with Crippen molar-refractivity contribution in [1.29, 1.82) is 0 Å². The summed E-state index contributed by atoms with van der Waals surface area (Å²) in [6, 6.07) is 0.509. The number of anilines is 1. The zero-order chi connectivity index (χ0) is 9.97. The first-order valence-electron chi connectivity index (χ1n) is 4.54. The molecule has 0 aliphatic heterocycles. The molecule has 1 aliphatic rings. The van der Waals surface area contributed by atoms with E-state index in [1.54, 1.807) is 7.11 Å². The fourth-order valence-electron chi connectivity index (χ4n) is 1.59. The Morgan fingerprint density at radius 3 is 2.93 bits per heavy atom. The highest BCUT2D eigenvalue weighted by Crippen LogP contribution is 2.32. The number of hydrogen-bond donors (Lipinski definition) is 1. The van der Waals surface area contributed by atoms with Crippen LogP contribution in [0.2, 0.25) is 0 Å². The zero-order valence-corrected chi connectivity index (χ0v) is 10.3. The highest BCUT2D eigenvalue weighted by atomic mass is 79.9. The van der Waals surface area contributed by atoms with E-state index in [1.165, 1.54) is 24.2 Å². The number of nitrogens with one attached hydrogen (secondary N) is 1. The number of halogens is 1. The molecule has 1 aromatic heterocycles. The topological polar surface area (TPSA) is 47.0 Å². The smallest absolute Gasteiger partial charge is 0.206 e. The van der Waals surface area contributed by atoms with Gasteiger partial charge in [-0.25, -0.2) is 0 Å². The molecular formula is C8H12BrN3OS. The van der Waals surface area contributed by atoms with Crippen molar-refractivity contribution in [2.24, 2.45) is 5.92 Å². The van der Waals surface area contributed by atoms with Crippen molar-refractivity contribution in [2.45, 2.75) is 18.9 Å². The second-order valence-corrected chi connectivity index (χ2v) is 5.66. The van der Waals surface area contributed by atoms with Crippen LogP contribution in [-0.2, 0) is 4.74 Å². The maximum absolute atomic E-state index is 5.14. The van der Waals surface area contributed by atoms with Crippen LogP contribution in [0.4, 0.5) is 5.13 Å². The first-order chi connectivity index (χ1) is 6.79. The predicted octanol–water partition coefficient (Wildman–Crippen LogP) is 2.14. The van der Waals surface area contributed by atoms with Crippen LogP contribution >= 0.6 is 27.3 Å². The average Bonchev–Trinajstić information content (AvgIpc) is 2.55. The minimum Gasteiger partial charge on any atom is -0.384 e. The number of hydrogen-bond acceptors (Lipinski definition) is 5. The number of nitrogens with zero attached hydrogens (tertiary/aromatic N) is 2. The molecule has 1 saturated carbocycles. The summed E-state index contributed by atoms with van der Waals surface area (Å²) in [4.78, 5) is 0. The van der Waals surface area contributed by atoms with Crippen LogP contribution in [0.25, 0.3) is 0 Å². The lowest BCUT2D eigenvalue weighted by atomic mass is 9.80. The van der Waals surface area contributed by atoms with E-state index < -0.39 is 0 Å². The van der Waals surface area contributed by atoms with Gasteiger partial charge in [0.2, 0.25) is 5.13 Å². The van der Waals surface area contributed by atoms with Crippen LogP contribution in [0.3, 0.4) is 0 Å². The van der Waals surface area contributed by atoms with Crippen LogP contribution in [0.15, 0.2) is 3.92 Å². The SMILES string of the molecule is COC[C@H]1CC[C@@H]1Nc1nnc(Br)s1. The van der Waals surface area contributed by atoms with Crippen LogP contribution in [0, 0.1) is 5.92 Å². The number of methoxy groups -OCH3 is 1. The lowest BCUT2D eigenvalue weighted by Gasteiger charge is -2.36. The van der Waals surface area contributed by atoms with Crippen molar-refractivity contribution in [3.05, 3.63) is 3.92 Å². The molecule has 0 saturated heterocycles. The van der Waals surface area contributed by atoms with Gasteiger partial charge < -0.3 is 10.1 Å². The Morgan fingerprint density at radius 1 is 1.57 bits per heavy atom. The van der Waals surface area contributed by atoms with Crippen molar-refractivity contribution in [1.82, 2.24) is 10.2 Å². The van der Waals surface area contributed by atoms with Gasteiger partial charge in [0.15, 0.2) is 3.92 Å². The quantitative estimate of drug-likeness (QED) is 0.916. The molecule has 6 heteroatoms. The van der Waals surface area contributed by atoms with Crippen LogP contribution < -0.4 is 5.32 Å². The Hall–Kier alpha value is -0.200. The van der Waals surface area contributed by atoms with Crippen molar-refractivity contribution < 1.29 is 4.74 Å². The van der Waals surface area contributed by atoms with E-state index in [-0.39, 0.29) is 0 Å². The molecule has 1 fully saturated rings. The van der Waals surface area contributed by atoms with Gasteiger partial charge in [-0.05, 0) is 28.8 Å². The summed E-state index contributed by atoms with van der Waals surface area (Å²) in [6.45, 7) is 0.831. The lowest BCUT2D eigenvalue weighted by Crippen LogP contribution is -2.40. The molecule has 1 heterocycles. The fraction of sp³-hybridized carbons (Fsp3) is 0.750. The monoisotopic (exact) mass is 277 g/mol. The second kappa shape index (κ2) is 4.55. The van der Waals surface area contributed by atoms with Gasteiger partial charge in [-0.3, -0.25) is 0 Å². The first kappa shape index (κ1) is 10.3. The lowest BCUT2D eigenvalue weighted by molar-refractivity contribution is 0.101. The molecule has 14 heavy (non-hydrogen) atoms. The zero-order valence-electron chi connectivity index (χ0n) is 7.86. The summed E-state index contributed by atoms with van der Waals surface area (Å²) in [7, 11) is 1.75. The molecule has 1 N–H and O–H groups in total. The van der Waals surface area contributed by atoms with E-state index in [9.17, 15) is 0 Å². The Kier molecular flexibility index (Phi) is 3.35. The van der Waals surface area contributed by atoms with Crippen molar-refractivity contribution in [2.75, 3.05) is 19.0 Å². The van der Waals surface area contributed by atoms with Crippen molar-refractivity contribution in [3.8, 4) is 0 Å². The summed E-state index contributed by atoms with van der Waals surface area (Å²) in [5.41, 5.74) is 0. The summed E-state index contributed by atoms with van der Waals surface area (Å²) in [5, 5.41) is 12.2. The Labute approximate surface area is 95.2 Å². The van der Waals surface area contributed by atoms with Gasteiger partial charge in [0, 0.05) is 19.1 Å². The molecule has 1 aromatic rings. The molecule has 78 valence electrons. The first-order valence-corrected chi connectivity index (χ1v) is 6.15. The average molecular weight is 278 g/mol. The van der Waals surface area contributed by atoms with Crippen molar-refractivity contribution in [3.63, 3.8) is 0 Å². The maximum atomic E-state index is 5.14. The molecule has 2 atom stereocenters. The standard InChI is InChI=1S/C8H12BrN3OS/c1-13-4-5-2-3-6(5)10-8-12-11-7(9)14-8/h5-6H,2-4H2,1H3,(H,10,12)/t5-,6+/m1/s1. The summed E-state index contributed by atoms with van der Waals surface area (Å²) in [5.74, 6) is 0.627. The number of ether oxygens (including phenoxy) is 1. The molecule has 0 aromatic carbocycles. The molecule has 0 unspecified atom stereocenters. The summed E-state index contributed by atoms with van der Waals surface area (Å²) < 4.78 is 5.96. The van der Waals surface area contributed by atoms with E-state index in [1.807, 2.05) is 0 Å². The van der Waals surface area contributed by atoms with E-state index in [2.05, 4.69) is 31.4 Å². The van der Waals surface area contributed by atoms with Gasteiger partial charge in [0.05, 0.1) is 6.61 Å². The van der Waals surface area contributed by atoms with Gasteiger partial charge in [0.1, 0.15) is 0 Å². The van der Waals surface area contributed by atoms with E-state index in [0.717, 1.165) is 15.7 Å². The molecule has 4 nitrogen and oxygen atoms in total. The number of rotatable bonds is 4. The highest BCUT2D eigenvalue weighted by molar-refractivity contribution is 9.11. The maximum Gasteiger partial charge on any atom is 0.206 e. The predicted molar refractivity (Wildman–Crippen MR) is 59.6 cm³/mol. The molecular weight excluding hydrogens is 266 g/mol. The van der Waals surface area contributed by atoms with Crippen LogP contribution in [-0.4, -0.2) is 30.0 Å². The fourth-order valence-corrected chi connectivity index (χ4v) is 2.67. The minimum atomic E-state index is 0.509. The van der Waals surface area contributed by atoms with E-state index in [4.69, 9.17) is 4.74 Å². The second-order valence-electron chi connectivity index (χ2n) is 3.40. The van der Waals surface area contributed by atoms with Gasteiger partial charge in [0.25, 0.3) is 0 Å². The summed E-state index contributed by atoms with van der Waals surface area (Å²) >= 11 is 4.82. The normalized spacial score (nSPS) is 25.9. The molecule has 0 spiro atoms. The molecule has 0 bridgehead atoms. The molecule has 1 aliphatic carbocycles. The van der Waals surface area contributed by atoms with Gasteiger partial charge in [-0.2, -0.15) is 0 Å². The van der Waals surface area contributed by atoms with Gasteiger partial charge in [-0.1, -0.05) is 11.3 Å². The van der Waals surface area contributed by atoms with Gasteiger partial charge >= 0.3 is 0 Å². The third-order valence-corrected chi connectivity index (χ3v) is 3.79. The summed E-state index contributed by atoms with van der Waals surface area (Å²) in [6.07, 6.45) is 2.44.